The van der Waals surface area contributed by atoms with Crippen LogP contribution in [0.25, 0.3) is 0 Å². The van der Waals surface area contributed by atoms with E-state index in [1.54, 1.807) is 4.90 Å². The minimum absolute atomic E-state index is 0. The first-order valence-electron chi connectivity index (χ1n) is 5.45. The number of carbonyl (C=O) groups is 1. The molecule has 1 unspecified atom stereocenters. The molecule has 2 rings (SSSR count). The Morgan fingerprint density at radius 2 is 2.00 bits per heavy atom. The smallest absolute Gasteiger partial charge is 0.225 e. The van der Waals surface area contributed by atoms with Crippen molar-refractivity contribution in [3.8, 4) is 0 Å². The van der Waals surface area contributed by atoms with Gasteiger partial charge in [-0.3, -0.25) is 4.79 Å². The Morgan fingerprint density at radius 1 is 1.27 bits per heavy atom. The number of β-amino-alcohol motifs (C(OH)–C–C–N with tert-alkyl or cyclic N) is 1. The molecule has 2 heterocycles. The lowest BCUT2D eigenvalue weighted by molar-refractivity contribution is -0.146. The van der Waals surface area contributed by atoms with Gasteiger partial charge >= 0.3 is 0 Å². The highest BCUT2D eigenvalue weighted by Crippen LogP contribution is 2.20. The summed E-state index contributed by atoms with van der Waals surface area (Å²) in [5, 5.41) is 12.4. The molecule has 0 aromatic rings. The van der Waals surface area contributed by atoms with Crippen LogP contribution in [-0.2, 0) is 4.79 Å². The number of aliphatic hydroxyl groups is 1. The fourth-order valence-electron chi connectivity index (χ4n) is 2.16. The molecule has 4 nitrogen and oxygen atoms in total. The summed E-state index contributed by atoms with van der Waals surface area (Å²) in [7, 11) is 0. The fourth-order valence-corrected chi connectivity index (χ4v) is 2.16. The molecule has 5 heteroatoms. The van der Waals surface area contributed by atoms with Crippen molar-refractivity contribution in [3.05, 3.63) is 0 Å². The van der Waals surface area contributed by atoms with Crippen LogP contribution in [0.3, 0.4) is 0 Å². The number of amides is 1. The van der Waals surface area contributed by atoms with Crippen molar-refractivity contribution in [2.24, 2.45) is 5.92 Å². The number of halogens is 1. The van der Waals surface area contributed by atoms with Gasteiger partial charge in [-0.05, 0) is 32.4 Å². The normalized spacial score (nSPS) is 27.5. The molecular formula is C10H19ClN2O2. The molecule has 2 aliphatic heterocycles. The minimum atomic E-state index is -0.275. The largest absolute Gasteiger partial charge is 0.389 e. The molecule has 1 atom stereocenters. The highest BCUT2D eigenvalue weighted by atomic mass is 35.5. The van der Waals surface area contributed by atoms with Crippen molar-refractivity contribution in [3.63, 3.8) is 0 Å². The summed E-state index contributed by atoms with van der Waals surface area (Å²) in [6, 6.07) is 0. The predicted octanol–water partition coefficient (Wildman–Crippen LogP) is 0.001000. The van der Waals surface area contributed by atoms with E-state index in [-0.39, 0.29) is 30.3 Å². The van der Waals surface area contributed by atoms with Gasteiger partial charge in [0.2, 0.25) is 5.91 Å². The van der Waals surface area contributed by atoms with Crippen LogP contribution in [0.1, 0.15) is 19.3 Å². The Morgan fingerprint density at radius 3 is 2.67 bits per heavy atom. The van der Waals surface area contributed by atoms with E-state index >= 15 is 0 Å². The fraction of sp³-hybridized carbons (Fsp3) is 0.900. The van der Waals surface area contributed by atoms with Crippen molar-refractivity contribution in [2.45, 2.75) is 25.4 Å². The average Bonchev–Trinajstić information content (AvgIpc) is 2.40. The summed E-state index contributed by atoms with van der Waals surface area (Å²) in [4.78, 5) is 13.6. The summed E-state index contributed by atoms with van der Waals surface area (Å²) in [6.45, 7) is 3.07. The van der Waals surface area contributed by atoms with Gasteiger partial charge in [0.1, 0.15) is 0 Å². The first-order valence-corrected chi connectivity index (χ1v) is 5.45. The van der Waals surface area contributed by atoms with Crippen LogP contribution in [0.2, 0.25) is 0 Å². The Bertz CT molecular complexity index is 211. The summed E-state index contributed by atoms with van der Waals surface area (Å²) in [5.74, 6) is 0.441. The van der Waals surface area contributed by atoms with Crippen LogP contribution in [0.15, 0.2) is 0 Å². The van der Waals surface area contributed by atoms with E-state index in [1.807, 2.05) is 0 Å². The molecule has 0 saturated carbocycles. The summed E-state index contributed by atoms with van der Waals surface area (Å²) >= 11 is 0. The van der Waals surface area contributed by atoms with E-state index in [0.717, 1.165) is 32.4 Å². The maximum absolute atomic E-state index is 11.9. The van der Waals surface area contributed by atoms with Gasteiger partial charge in [-0.25, -0.2) is 0 Å². The molecule has 0 aromatic carbocycles. The standard InChI is InChI=1S/C10H18N2O2.ClH/c13-9-6-12(7-9)10(14)8-2-1-4-11-5-3-8;/h8-9,11,13H,1-7H2;1H. The van der Waals surface area contributed by atoms with Crippen LogP contribution >= 0.6 is 12.4 Å². The topological polar surface area (TPSA) is 52.6 Å². The molecule has 88 valence electrons. The molecule has 1 amide bonds. The predicted molar refractivity (Wildman–Crippen MR) is 60.0 cm³/mol. The van der Waals surface area contributed by atoms with E-state index in [4.69, 9.17) is 5.11 Å². The zero-order valence-corrected chi connectivity index (χ0v) is 9.63. The SMILES string of the molecule is Cl.O=C(C1CCCNCC1)N1CC(O)C1. The van der Waals surface area contributed by atoms with Gasteiger partial charge in [-0.2, -0.15) is 0 Å². The highest BCUT2D eigenvalue weighted by molar-refractivity contribution is 5.85. The number of hydrogen-bond acceptors (Lipinski definition) is 3. The van der Waals surface area contributed by atoms with Crippen molar-refractivity contribution in [2.75, 3.05) is 26.2 Å². The first-order chi connectivity index (χ1) is 6.77. The number of aliphatic hydroxyl groups excluding tert-OH is 1. The second-order valence-electron chi connectivity index (χ2n) is 4.27. The number of nitrogens with zero attached hydrogens (tertiary/aromatic N) is 1. The molecule has 0 radical (unpaired) electrons. The van der Waals surface area contributed by atoms with Crippen molar-refractivity contribution >= 4 is 18.3 Å². The number of rotatable bonds is 1. The van der Waals surface area contributed by atoms with Crippen LogP contribution in [-0.4, -0.2) is 48.2 Å². The zero-order valence-electron chi connectivity index (χ0n) is 8.82. The zero-order chi connectivity index (χ0) is 9.97. The molecule has 0 aromatic heterocycles. The number of likely N-dealkylation sites (tertiary alicyclic amines) is 1. The molecular weight excluding hydrogens is 216 g/mol. The van der Waals surface area contributed by atoms with E-state index in [2.05, 4.69) is 5.32 Å². The maximum atomic E-state index is 11.9. The van der Waals surface area contributed by atoms with Crippen LogP contribution < -0.4 is 5.32 Å². The molecule has 15 heavy (non-hydrogen) atoms. The van der Waals surface area contributed by atoms with E-state index in [9.17, 15) is 4.79 Å². The molecule has 2 aliphatic rings. The van der Waals surface area contributed by atoms with Crippen LogP contribution in [0.5, 0.6) is 0 Å². The van der Waals surface area contributed by atoms with E-state index < -0.39 is 0 Å². The van der Waals surface area contributed by atoms with Gasteiger partial charge in [0, 0.05) is 19.0 Å². The lowest BCUT2D eigenvalue weighted by atomic mass is 9.97. The van der Waals surface area contributed by atoms with E-state index in [0.29, 0.717) is 13.1 Å². The lowest BCUT2D eigenvalue weighted by Crippen LogP contribution is -2.55. The Balaban J connectivity index is 0.00000112. The van der Waals surface area contributed by atoms with Crippen molar-refractivity contribution in [1.29, 1.82) is 0 Å². The third-order valence-corrected chi connectivity index (χ3v) is 3.10. The molecule has 0 spiro atoms. The molecule has 2 saturated heterocycles. The van der Waals surface area contributed by atoms with Gasteiger partial charge < -0.3 is 15.3 Å². The van der Waals surface area contributed by atoms with Gasteiger partial charge in [0.05, 0.1) is 6.10 Å². The number of nitrogens with one attached hydrogen (secondary N) is 1. The van der Waals surface area contributed by atoms with Gasteiger partial charge in [-0.15, -0.1) is 12.4 Å². The van der Waals surface area contributed by atoms with Gasteiger partial charge in [0.25, 0.3) is 0 Å². The third-order valence-electron chi connectivity index (χ3n) is 3.10. The summed E-state index contributed by atoms with van der Waals surface area (Å²) in [6.07, 6.45) is 2.76. The molecule has 0 bridgehead atoms. The molecule has 2 fully saturated rings. The van der Waals surface area contributed by atoms with Gasteiger partial charge in [-0.1, -0.05) is 0 Å². The second kappa shape index (κ2) is 5.68. The summed E-state index contributed by atoms with van der Waals surface area (Å²) < 4.78 is 0. The Labute approximate surface area is 96.4 Å². The monoisotopic (exact) mass is 234 g/mol. The first kappa shape index (κ1) is 12.7. The quantitative estimate of drug-likeness (QED) is 0.672. The molecule has 0 aliphatic carbocycles. The number of hydrogen-bond donors (Lipinski definition) is 2. The van der Waals surface area contributed by atoms with Crippen LogP contribution in [0.4, 0.5) is 0 Å². The van der Waals surface area contributed by atoms with E-state index in [1.165, 1.54) is 0 Å². The van der Waals surface area contributed by atoms with Crippen molar-refractivity contribution < 1.29 is 9.90 Å². The molecule has 2 N–H and O–H groups in total. The number of carbonyl (C=O) groups excluding carboxylic acids is 1. The second-order valence-corrected chi connectivity index (χ2v) is 4.27. The lowest BCUT2D eigenvalue weighted by Gasteiger charge is -2.38. The minimum Gasteiger partial charge on any atom is -0.389 e. The van der Waals surface area contributed by atoms with Crippen LogP contribution in [0, 0.1) is 5.92 Å². The third kappa shape index (κ3) is 3.06. The summed E-state index contributed by atoms with van der Waals surface area (Å²) in [5.41, 5.74) is 0. The Hall–Kier alpha value is -0.320. The highest BCUT2D eigenvalue weighted by Gasteiger charge is 2.33. The van der Waals surface area contributed by atoms with Crippen molar-refractivity contribution in [1.82, 2.24) is 10.2 Å². The average molecular weight is 235 g/mol. The Kier molecular flexibility index (Phi) is 4.83. The van der Waals surface area contributed by atoms with Gasteiger partial charge in [0.15, 0.2) is 0 Å². The maximum Gasteiger partial charge on any atom is 0.225 e.